The van der Waals surface area contributed by atoms with E-state index in [9.17, 15) is 0 Å². The lowest BCUT2D eigenvalue weighted by Gasteiger charge is -2.08. The summed E-state index contributed by atoms with van der Waals surface area (Å²) in [4.78, 5) is 4.61. The summed E-state index contributed by atoms with van der Waals surface area (Å²) >= 11 is 6.19. The number of para-hydroxylation sites is 1. The fraction of sp³-hybridized carbons (Fsp3) is 0.462. The molecule has 2 aromatic rings. The number of methoxy groups -OCH3 is 1. The number of rotatable bonds is 4. The molecule has 0 spiro atoms. The maximum absolute atomic E-state index is 6.19. The maximum atomic E-state index is 6.19. The topological polar surface area (TPSA) is 27.1 Å². The van der Waals surface area contributed by atoms with E-state index in [1.807, 2.05) is 19.1 Å². The Balaban J connectivity index is 2.69. The predicted octanol–water partition coefficient (Wildman–Crippen LogP) is 3.75. The molecular formula is C13H17ClN2O. The largest absolute Gasteiger partial charge is 0.494 e. The van der Waals surface area contributed by atoms with E-state index in [1.54, 1.807) is 7.11 Å². The lowest BCUT2D eigenvalue weighted by Crippen LogP contribution is -2.03. The molecule has 92 valence electrons. The molecule has 0 fully saturated rings. The Morgan fingerprint density at radius 3 is 2.82 bits per heavy atom. The molecule has 4 heteroatoms. The van der Waals surface area contributed by atoms with Crippen molar-refractivity contribution in [1.82, 2.24) is 9.55 Å². The number of alkyl halides is 1. The summed E-state index contributed by atoms with van der Waals surface area (Å²) < 4.78 is 7.51. The number of hydrogen-bond acceptors (Lipinski definition) is 2. The van der Waals surface area contributed by atoms with Crippen LogP contribution < -0.4 is 4.74 Å². The van der Waals surface area contributed by atoms with Crippen LogP contribution >= 0.6 is 11.6 Å². The van der Waals surface area contributed by atoms with Crippen molar-refractivity contribution in [2.24, 2.45) is 0 Å². The highest BCUT2D eigenvalue weighted by Gasteiger charge is 2.16. The first-order valence-corrected chi connectivity index (χ1v) is 6.29. The molecule has 1 atom stereocenters. The molecule has 1 aromatic carbocycles. The molecule has 0 aliphatic heterocycles. The molecule has 0 amide bonds. The van der Waals surface area contributed by atoms with Gasteiger partial charge < -0.3 is 9.30 Å². The summed E-state index contributed by atoms with van der Waals surface area (Å²) in [5.74, 6) is 1.71. The third-order valence-corrected chi connectivity index (χ3v) is 2.99. The second-order valence-electron chi connectivity index (χ2n) is 4.07. The van der Waals surface area contributed by atoms with E-state index in [2.05, 4.69) is 22.5 Å². The Morgan fingerprint density at radius 1 is 1.47 bits per heavy atom. The van der Waals surface area contributed by atoms with Gasteiger partial charge in [0.2, 0.25) is 0 Å². The first kappa shape index (κ1) is 12.2. The Morgan fingerprint density at radius 2 is 2.24 bits per heavy atom. The zero-order chi connectivity index (χ0) is 12.4. The monoisotopic (exact) mass is 252 g/mol. The Labute approximate surface area is 106 Å². The van der Waals surface area contributed by atoms with Gasteiger partial charge in [-0.1, -0.05) is 13.0 Å². The molecule has 0 aliphatic carbocycles. The van der Waals surface area contributed by atoms with Crippen LogP contribution in [-0.2, 0) is 6.54 Å². The van der Waals surface area contributed by atoms with Crippen molar-refractivity contribution in [3.05, 3.63) is 24.0 Å². The number of hydrogen-bond donors (Lipinski definition) is 0. The fourth-order valence-corrected chi connectivity index (χ4v) is 2.23. The summed E-state index contributed by atoms with van der Waals surface area (Å²) in [6.07, 6.45) is 1.05. The van der Waals surface area contributed by atoms with Crippen molar-refractivity contribution in [3.8, 4) is 5.75 Å². The van der Waals surface area contributed by atoms with Gasteiger partial charge in [-0.2, -0.15) is 0 Å². The number of nitrogens with zero attached hydrogens (tertiary/aromatic N) is 2. The van der Waals surface area contributed by atoms with E-state index in [0.717, 1.165) is 35.6 Å². The lowest BCUT2D eigenvalue weighted by molar-refractivity contribution is 0.419. The minimum Gasteiger partial charge on any atom is -0.494 e. The predicted molar refractivity (Wildman–Crippen MR) is 70.8 cm³/mol. The van der Waals surface area contributed by atoms with Crippen LogP contribution in [0.4, 0.5) is 0 Å². The summed E-state index contributed by atoms with van der Waals surface area (Å²) in [6, 6.07) is 5.97. The lowest BCUT2D eigenvalue weighted by atomic mass is 10.3. The van der Waals surface area contributed by atoms with Gasteiger partial charge in [0, 0.05) is 6.54 Å². The number of imidazole rings is 1. The van der Waals surface area contributed by atoms with Gasteiger partial charge in [-0.15, -0.1) is 11.6 Å². The van der Waals surface area contributed by atoms with Crippen LogP contribution in [0.1, 0.15) is 31.5 Å². The first-order chi connectivity index (χ1) is 8.19. The van der Waals surface area contributed by atoms with Crippen molar-refractivity contribution in [3.63, 3.8) is 0 Å². The van der Waals surface area contributed by atoms with Crippen molar-refractivity contribution in [1.29, 1.82) is 0 Å². The van der Waals surface area contributed by atoms with E-state index < -0.39 is 0 Å². The van der Waals surface area contributed by atoms with Crippen LogP contribution in [0, 0.1) is 0 Å². The molecule has 0 saturated carbocycles. The van der Waals surface area contributed by atoms with Crippen LogP contribution in [-0.4, -0.2) is 16.7 Å². The summed E-state index contributed by atoms with van der Waals surface area (Å²) in [6.45, 7) is 5.02. The SMILES string of the molecule is CCCn1c(C(C)Cl)nc2c(OC)cccc21. The molecule has 1 aromatic heterocycles. The van der Waals surface area contributed by atoms with Gasteiger partial charge in [-0.25, -0.2) is 4.98 Å². The summed E-state index contributed by atoms with van der Waals surface area (Å²) in [7, 11) is 1.66. The van der Waals surface area contributed by atoms with Crippen LogP contribution in [0.2, 0.25) is 0 Å². The summed E-state index contributed by atoms with van der Waals surface area (Å²) in [5.41, 5.74) is 1.99. The van der Waals surface area contributed by atoms with Crippen LogP contribution in [0.3, 0.4) is 0 Å². The second kappa shape index (κ2) is 4.96. The number of benzene rings is 1. The quantitative estimate of drug-likeness (QED) is 0.775. The third-order valence-electron chi connectivity index (χ3n) is 2.79. The highest BCUT2D eigenvalue weighted by Crippen LogP contribution is 2.30. The maximum Gasteiger partial charge on any atom is 0.146 e. The third kappa shape index (κ3) is 2.12. The van der Waals surface area contributed by atoms with Gasteiger partial charge in [0.15, 0.2) is 0 Å². The number of aryl methyl sites for hydroxylation is 1. The average molecular weight is 253 g/mol. The van der Waals surface area contributed by atoms with Gasteiger partial charge in [0.1, 0.15) is 17.1 Å². The van der Waals surface area contributed by atoms with Gasteiger partial charge in [0.05, 0.1) is 18.0 Å². The molecule has 0 saturated heterocycles. The summed E-state index contributed by atoms with van der Waals surface area (Å²) in [5, 5.41) is -0.0985. The molecule has 2 rings (SSSR count). The van der Waals surface area contributed by atoms with Crippen LogP contribution in [0.25, 0.3) is 11.0 Å². The van der Waals surface area contributed by atoms with E-state index in [4.69, 9.17) is 16.3 Å². The minimum absolute atomic E-state index is 0.0985. The zero-order valence-electron chi connectivity index (χ0n) is 10.4. The molecule has 0 aliphatic rings. The van der Waals surface area contributed by atoms with Gasteiger partial charge >= 0.3 is 0 Å². The molecular weight excluding hydrogens is 236 g/mol. The van der Waals surface area contributed by atoms with Crippen molar-refractivity contribution >= 4 is 22.6 Å². The van der Waals surface area contributed by atoms with Crippen LogP contribution in [0.15, 0.2) is 18.2 Å². The number of aromatic nitrogens is 2. The molecule has 3 nitrogen and oxygen atoms in total. The molecule has 0 bridgehead atoms. The van der Waals surface area contributed by atoms with E-state index >= 15 is 0 Å². The first-order valence-electron chi connectivity index (χ1n) is 5.86. The molecule has 1 heterocycles. The number of fused-ring (bicyclic) bond motifs is 1. The second-order valence-corrected chi connectivity index (χ2v) is 4.72. The van der Waals surface area contributed by atoms with E-state index in [-0.39, 0.29) is 5.38 Å². The van der Waals surface area contributed by atoms with Crippen LogP contribution in [0.5, 0.6) is 5.75 Å². The van der Waals surface area contributed by atoms with Gasteiger partial charge in [-0.3, -0.25) is 0 Å². The number of ether oxygens (including phenoxy) is 1. The highest BCUT2D eigenvalue weighted by atomic mass is 35.5. The normalized spacial score (nSPS) is 12.9. The van der Waals surface area contributed by atoms with Crippen molar-refractivity contribution < 1.29 is 4.74 Å². The molecule has 0 radical (unpaired) electrons. The minimum atomic E-state index is -0.0985. The standard InChI is InChI=1S/C13H17ClN2O/c1-4-8-16-10-6-5-7-11(17-3)12(10)15-13(16)9(2)14/h5-7,9H,4,8H2,1-3H3. The Hall–Kier alpha value is -1.22. The fourth-order valence-electron chi connectivity index (χ4n) is 2.07. The van der Waals surface area contributed by atoms with E-state index in [1.165, 1.54) is 0 Å². The molecule has 1 unspecified atom stereocenters. The van der Waals surface area contributed by atoms with Crippen molar-refractivity contribution in [2.45, 2.75) is 32.2 Å². The van der Waals surface area contributed by atoms with E-state index in [0.29, 0.717) is 0 Å². The smallest absolute Gasteiger partial charge is 0.146 e. The number of halogens is 1. The molecule has 17 heavy (non-hydrogen) atoms. The molecule has 0 N–H and O–H groups in total. The van der Waals surface area contributed by atoms with Gasteiger partial charge in [-0.05, 0) is 25.5 Å². The highest BCUT2D eigenvalue weighted by molar-refractivity contribution is 6.20. The zero-order valence-corrected chi connectivity index (χ0v) is 11.2. The Kier molecular flexibility index (Phi) is 3.57. The Bertz CT molecular complexity index is 519. The van der Waals surface area contributed by atoms with Crippen molar-refractivity contribution in [2.75, 3.05) is 7.11 Å². The van der Waals surface area contributed by atoms with Gasteiger partial charge in [0.25, 0.3) is 0 Å². The average Bonchev–Trinajstić information content (AvgIpc) is 2.69.